The molecule has 9 heteroatoms. The van der Waals surface area contributed by atoms with Crippen LogP contribution in [0.5, 0.6) is 5.19 Å². The molecule has 0 amide bonds. The van der Waals surface area contributed by atoms with Crippen molar-refractivity contribution in [3.05, 3.63) is 36.4 Å². The summed E-state index contributed by atoms with van der Waals surface area (Å²) in [5.41, 5.74) is 0. The number of carbonyl (C=O) groups is 2. The lowest BCUT2D eigenvalue weighted by atomic mass is 10.4. The monoisotopic (exact) mass is 330 g/mol. The first-order chi connectivity index (χ1) is 10.5. The number of carboxylic acids is 2. The molecular formula is C13H18N2O6S. The average Bonchev–Trinajstić information content (AvgIpc) is 2.97. The molecule has 0 saturated carbocycles. The molecule has 1 aromatic rings. The van der Waals surface area contributed by atoms with E-state index in [1.165, 1.54) is 11.3 Å². The maximum Gasteiger partial charge on any atom is 0.328 e. The number of aliphatic hydroxyl groups is 1. The summed E-state index contributed by atoms with van der Waals surface area (Å²) in [5, 5.41) is 30.5. The third kappa shape index (κ3) is 12.8. The number of aliphatic carboxylic acids is 2. The van der Waals surface area contributed by atoms with Crippen molar-refractivity contribution in [2.45, 2.75) is 6.10 Å². The Morgan fingerprint density at radius 1 is 1.41 bits per heavy atom. The van der Waals surface area contributed by atoms with Gasteiger partial charge < -0.3 is 25.4 Å². The molecule has 0 aliphatic rings. The Kier molecular flexibility index (Phi) is 11.2. The summed E-state index contributed by atoms with van der Waals surface area (Å²) in [5.74, 6) is -2.51. The standard InChI is InChI=1S/C9H14N2O2S.C4H4O4/c1-2-3-10-6-8(12)7-13-9-11-4-5-14-9;5-3(6)1-2-4(7)8/h2,4-5,8,10,12H,1,3,6-7H2;1-2H,(H,5,6)(H,7,8)/b;2-1-. The Morgan fingerprint density at radius 2 is 2.05 bits per heavy atom. The molecule has 0 radical (unpaired) electrons. The molecule has 1 heterocycles. The fourth-order valence-electron chi connectivity index (χ4n) is 1.00. The van der Waals surface area contributed by atoms with Crippen LogP contribution >= 0.6 is 11.3 Å². The minimum Gasteiger partial charge on any atom is -0.478 e. The van der Waals surface area contributed by atoms with Crippen LogP contribution in [-0.2, 0) is 9.59 Å². The van der Waals surface area contributed by atoms with E-state index in [1.807, 2.05) is 5.38 Å². The molecule has 0 aliphatic carbocycles. The summed E-state index contributed by atoms with van der Waals surface area (Å²) < 4.78 is 5.23. The van der Waals surface area contributed by atoms with E-state index in [0.29, 0.717) is 30.4 Å². The highest BCUT2D eigenvalue weighted by atomic mass is 32.1. The highest BCUT2D eigenvalue weighted by molar-refractivity contribution is 7.11. The van der Waals surface area contributed by atoms with Gasteiger partial charge in [-0.25, -0.2) is 14.6 Å². The summed E-state index contributed by atoms with van der Waals surface area (Å²) in [6, 6.07) is 0. The second kappa shape index (κ2) is 12.5. The molecule has 0 fully saturated rings. The van der Waals surface area contributed by atoms with E-state index < -0.39 is 18.0 Å². The van der Waals surface area contributed by atoms with E-state index in [2.05, 4.69) is 16.9 Å². The molecular weight excluding hydrogens is 312 g/mol. The maximum atomic E-state index is 9.55. The van der Waals surface area contributed by atoms with Crippen LogP contribution in [0.1, 0.15) is 0 Å². The lowest BCUT2D eigenvalue weighted by Gasteiger charge is -2.10. The molecule has 1 aromatic heterocycles. The number of aromatic nitrogens is 1. The molecule has 122 valence electrons. The van der Waals surface area contributed by atoms with Crippen molar-refractivity contribution in [1.82, 2.24) is 10.3 Å². The number of ether oxygens (including phenoxy) is 1. The molecule has 4 N–H and O–H groups in total. The van der Waals surface area contributed by atoms with Gasteiger partial charge in [0.05, 0.1) is 0 Å². The normalized spacial score (nSPS) is 11.3. The fourth-order valence-corrected chi connectivity index (χ4v) is 1.50. The van der Waals surface area contributed by atoms with Gasteiger partial charge in [-0.1, -0.05) is 17.4 Å². The minimum absolute atomic E-state index is 0.262. The summed E-state index contributed by atoms with van der Waals surface area (Å²) >= 11 is 1.41. The average molecular weight is 330 g/mol. The van der Waals surface area contributed by atoms with Crippen molar-refractivity contribution in [2.24, 2.45) is 0 Å². The Labute approximate surface area is 131 Å². The predicted octanol–water partition coefficient (Wildman–Crippen LogP) is 0.370. The van der Waals surface area contributed by atoms with Gasteiger partial charge in [0.25, 0.3) is 5.19 Å². The van der Waals surface area contributed by atoms with Gasteiger partial charge in [0.2, 0.25) is 0 Å². The first kappa shape index (κ1) is 19.8. The lowest BCUT2D eigenvalue weighted by Crippen LogP contribution is -2.31. The molecule has 1 unspecified atom stereocenters. The number of carboxylic acid groups (broad SMARTS) is 2. The van der Waals surface area contributed by atoms with E-state index in [-0.39, 0.29) is 6.61 Å². The number of rotatable bonds is 9. The molecule has 22 heavy (non-hydrogen) atoms. The van der Waals surface area contributed by atoms with E-state index in [0.717, 1.165) is 0 Å². The summed E-state index contributed by atoms with van der Waals surface area (Å²) in [6.07, 6.45) is 4.01. The zero-order chi connectivity index (χ0) is 16.8. The third-order valence-corrected chi connectivity index (χ3v) is 2.53. The summed E-state index contributed by atoms with van der Waals surface area (Å²) in [4.78, 5) is 23.0. The van der Waals surface area contributed by atoms with E-state index in [4.69, 9.17) is 14.9 Å². The van der Waals surface area contributed by atoms with Crippen LogP contribution in [0, 0.1) is 0 Å². The van der Waals surface area contributed by atoms with Gasteiger partial charge in [-0.05, 0) is 0 Å². The van der Waals surface area contributed by atoms with Gasteiger partial charge >= 0.3 is 11.9 Å². The largest absolute Gasteiger partial charge is 0.478 e. The first-order valence-electron chi connectivity index (χ1n) is 6.11. The van der Waals surface area contributed by atoms with Crippen molar-refractivity contribution < 1.29 is 29.6 Å². The third-order valence-electron chi connectivity index (χ3n) is 1.85. The van der Waals surface area contributed by atoms with Crippen LogP contribution in [0.25, 0.3) is 0 Å². The van der Waals surface area contributed by atoms with Crippen molar-refractivity contribution >= 4 is 23.3 Å². The number of aliphatic hydroxyl groups excluding tert-OH is 1. The van der Waals surface area contributed by atoms with Crippen LogP contribution in [0.4, 0.5) is 0 Å². The second-order valence-corrected chi connectivity index (χ2v) is 4.58. The Morgan fingerprint density at radius 3 is 2.50 bits per heavy atom. The van der Waals surface area contributed by atoms with Crippen molar-refractivity contribution in [3.8, 4) is 5.19 Å². The van der Waals surface area contributed by atoms with E-state index >= 15 is 0 Å². The van der Waals surface area contributed by atoms with Gasteiger partial charge in [0.15, 0.2) is 0 Å². The molecule has 1 atom stereocenters. The smallest absolute Gasteiger partial charge is 0.328 e. The van der Waals surface area contributed by atoms with Crippen LogP contribution < -0.4 is 10.1 Å². The molecule has 0 spiro atoms. The zero-order valence-corrected chi connectivity index (χ0v) is 12.5. The van der Waals surface area contributed by atoms with Gasteiger partial charge in [-0.15, -0.1) is 6.58 Å². The number of nitrogens with one attached hydrogen (secondary N) is 1. The summed E-state index contributed by atoms with van der Waals surface area (Å²) in [7, 11) is 0. The molecule has 0 aromatic carbocycles. The van der Waals surface area contributed by atoms with Crippen molar-refractivity contribution in [3.63, 3.8) is 0 Å². The Bertz CT molecular complexity index is 459. The predicted molar refractivity (Wildman–Crippen MR) is 81.1 cm³/mol. The number of hydrogen-bond donors (Lipinski definition) is 4. The van der Waals surface area contributed by atoms with Crippen LogP contribution in [0.3, 0.4) is 0 Å². The maximum absolute atomic E-state index is 9.55. The van der Waals surface area contributed by atoms with E-state index in [1.54, 1.807) is 12.3 Å². The Hall–Kier alpha value is -2.23. The van der Waals surface area contributed by atoms with E-state index in [9.17, 15) is 14.7 Å². The second-order valence-electron chi connectivity index (χ2n) is 3.72. The molecule has 0 aliphatic heterocycles. The molecule has 1 rings (SSSR count). The summed E-state index contributed by atoms with van der Waals surface area (Å²) in [6.45, 7) is 5.01. The highest BCUT2D eigenvalue weighted by Crippen LogP contribution is 2.13. The van der Waals surface area contributed by atoms with Gasteiger partial charge in [0.1, 0.15) is 12.7 Å². The molecule has 0 saturated heterocycles. The van der Waals surface area contributed by atoms with Gasteiger partial charge in [-0.3, -0.25) is 0 Å². The van der Waals surface area contributed by atoms with Crippen molar-refractivity contribution in [1.29, 1.82) is 0 Å². The highest BCUT2D eigenvalue weighted by Gasteiger charge is 2.04. The Balaban J connectivity index is 0.000000472. The van der Waals surface area contributed by atoms with Crippen LogP contribution in [0.2, 0.25) is 0 Å². The van der Waals surface area contributed by atoms with Gasteiger partial charge in [0, 0.05) is 36.8 Å². The van der Waals surface area contributed by atoms with Crippen molar-refractivity contribution in [2.75, 3.05) is 19.7 Å². The van der Waals surface area contributed by atoms with Crippen LogP contribution in [0.15, 0.2) is 36.4 Å². The van der Waals surface area contributed by atoms with Crippen LogP contribution in [-0.4, -0.2) is 58.0 Å². The minimum atomic E-state index is -1.26. The first-order valence-corrected chi connectivity index (χ1v) is 6.99. The topological polar surface area (TPSA) is 129 Å². The lowest BCUT2D eigenvalue weighted by molar-refractivity contribution is -0.134. The SMILES string of the molecule is C=CCNCC(O)COc1nccs1.O=C(O)/C=C\C(=O)O. The zero-order valence-electron chi connectivity index (χ0n) is 11.7. The quantitative estimate of drug-likeness (QED) is 0.290. The number of nitrogens with zero attached hydrogens (tertiary/aromatic N) is 1. The number of thiazole rings is 1. The number of hydrogen-bond acceptors (Lipinski definition) is 7. The molecule has 0 bridgehead atoms. The molecule has 8 nitrogen and oxygen atoms in total. The fraction of sp³-hybridized carbons (Fsp3) is 0.308. The van der Waals surface area contributed by atoms with Gasteiger partial charge in [-0.2, -0.15) is 0 Å².